The van der Waals surface area contributed by atoms with Crippen LogP contribution in [0.15, 0.2) is 54.6 Å². The van der Waals surface area contributed by atoms with Crippen LogP contribution in [0.5, 0.6) is 5.75 Å². The van der Waals surface area contributed by atoms with Gasteiger partial charge in [-0.15, -0.1) is 0 Å². The lowest BCUT2D eigenvalue weighted by Crippen LogP contribution is -2.40. The third-order valence-electron chi connectivity index (χ3n) is 9.16. The summed E-state index contributed by atoms with van der Waals surface area (Å²) < 4.78 is 5.66. The van der Waals surface area contributed by atoms with Crippen LogP contribution in [0.25, 0.3) is 0 Å². The molecule has 37 heavy (non-hydrogen) atoms. The number of carbonyl (C=O) groups excluding carboxylic acids is 4. The maximum atomic E-state index is 13.4. The molecular weight excluding hydrogens is 468 g/mol. The van der Waals surface area contributed by atoms with Gasteiger partial charge in [-0.3, -0.25) is 19.2 Å². The third kappa shape index (κ3) is 3.26. The van der Waals surface area contributed by atoms with E-state index in [-0.39, 0.29) is 54.4 Å². The molecule has 0 spiro atoms. The fourth-order valence-electron chi connectivity index (χ4n) is 7.30. The van der Waals surface area contributed by atoms with E-state index in [1.165, 1.54) is 4.90 Å². The standard InChI is InChI=1S/C30H28N2O5/c1-15-5-3-4-6-23(15)31-14-17(12-25(31)33)30(36)37-18-7-10-24(16(2)11-18)32-28(34)26-19-8-9-20(22-13-21(19)22)27(26)29(32)35/h3-11,17,19-22,26-27H,12-14H2,1-2H3/t17-,19+,20+,21-,22+,26-,27+/m1/s1. The molecule has 2 aromatic carbocycles. The predicted octanol–water partition coefficient (Wildman–Crippen LogP) is 3.82. The van der Waals surface area contributed by atoms with Gasteiger partial charge in [-0.05, 0) is 79.3 Å². The summed E-state index contributed by atoms with van der Waals surface area (Å²) in [7, 11) is 0. The van der Waals surface area contributed by atoms with Crippen molar-refractivity contribution >= 4 is 35.1 Å². The van der Waals surface area contributed by atoms with Gasteiger partial charge < -0.3 is 9.64 Å². The normalized spacial score (nSPS) is 33.1. The Labute approximate surface area is 215 Å². The Kier molecular flexibility index (Phi) is 4.78. The Hall–Kier alpha value is -3.74. The molecule has 2 saturated heterocycles. The first-order chi connectivity index (χ1) is 17.8. The Morgan fingerprint density at radius 3 is 2.19 bits per heavy atom. The van der Waals surface area contributed by atoms with Gasteiger partial charge in [0.1, 0.15) is 5.75 Å². The molecule has 7 nitrogen and oxygen atoms in total. The van der Waals surface area contributed by atoms with Gasteiger partial charge in [-0.25, -0.2) is 4.90 Å². The molecule has 2 aliphatic heterocycles. The van der Waals surface area contributed by atoms with E-state index in [1.807, 2.05) is 38.1 Å². The molecule has 8 rings (SSSR count). The first-order valence-electron chi connectivity index (χ1n) is 13.1. The zero-order valence-corrected chi connectivity index (χ0v) is 20.8. The van der Waals surface area contributed by atoms with Crippen molar-refractivity contribution in [2.75, 3.05) is 16.3 Å². The molecule has 2 bridgehead atoms. The molecule has 7 atom stereocenters. The number of anilines is 2. The van der Waals surface area contributed by atoms with Crippen molar-refractivity contribution in [3.05, 3.63) is 65.7 Å². The SMILES string of the molecule is Cc1ccccc1N1C[C@H](C(=O)Oc2ccc(N3C(=O)[C@@H]4[C@H]5C=C[C@@H]([C@@H]6C[C@H]56)[C@@H]4C3=O)c(C)c2)CC1=O. The monoisotopic (exact) mass is 496 g/mol. The van der Waals surface area contributed by atoms with Crippen LogP contribution in [0, 0.1) is 55.3 Å². The van der Waals surface area contributed by atoms with Crippen molar-refractivity contribution < 1.29 is 23.9 Å². The molecule has 7 heteroatoms. The highest BCUT2D eigenvalue weighted by Crippen LogP contribution is 2.65. The topological polar surface area (TPSA) is 84.0 Å². The van der Waals surface area contributed by atoms with Gasteiger partial charge in [-0.2, -0.15) is 0 Å². The Morgan fingerprint density at radius 1 is 0.865 bits per heavy atom. The number of amides is 3. The zero-order valence-electron chi connectivity index (χ0n) is 20.8. The summed E-state index contributed by atoms with van der Waals surface area (Å²) in [5.41, 5.74) is 3.03. The fourth-order valence-corrected chi connectivity index (χ4v) is 7.30. The predicted molar refractivity (Wildman–Crippen MR) is 136 cm³/mol. The van der Waals surface area contributed by atoms with Crippen LogP contribution >= 0.6 is 0 Å². The number of rotatable bonds is 4. The first kappa shape index (κ1) is 22.5. The smallest absolute Gasteiger partial charge is 0.316 e. The van der Waals surface area contributed by atoms with Crippen LogP contribution in [0.4, 0.5) is 11.4 Å². The molecule has 0 aromatic heterocycles. The summed E-state index contributed by atoms with van der Waals surface area (Å²) in [4.78, 5) is 55.5. The molecular formula is C30H28N2O5. The quantitative estimate of drug-likeness (QED) is 0.278. The second-order valence-electron chi connectivity index (χ2n) is 11.2. The molecule has 6 aliphatic rings. The molecule has 3 amide bonds. The van der Waals surface area contributed by atoms with Gasteiger partial charge in [0.15, 0.2) is 0 Å². The summed E-state index contributed by atoms with van der Waals surface area (Å²) in [5.74, 6) is -0.0287. The summed E-state index contributed by atoms with van der Waals surface area (Å²) in [6.45, 7) is 4.03. The van der Waals surface area contributed by atoms with Crippen LogP contribution in [0.2, 0.25) is 0 Å². The minimum Gasteiger partial charge on any atom is -0.426 e. The van der Waals surface area contributed by atoms with Crippen molar-refractivity contribution in [1.82, 2.24) is 0 Å². The summed E-state index contributed by atoms with van der Waals surface area (Å²) in [5, 5.41) is 0. The molecule has 4 fully saturated rings. The number of benzene rings is 2. The number of esters is 1. The maximum Gasteiger partial charge on any atom is 0.316 e. The van der Waals surface area contributed by atoms with Crippen molar-refractivity contribution in [3.63, 3.8) is 0 Å². The summed E-state index contributed by atoms with van der Waals surface area (Å²) in [6, 6.07) is 12.6. The zero-order chi connectivity index (χ0) is 25.6. The van der Waals surface area contributed by atoms with Crippen molar-refractivity contribution in [1.29, 1.82) is 0 Å². The Balaban J connectivity index is 1.07. The average Bonchev–Trinajstić information content (AvgIpc) is 3.56. The maximum absolute atomic E-state index is 13.4. The number of ether oxygens (including phenoxy) is 1. The van der Waals surface area contributed by atoms with Crippen LogP contribution in [-0.4, -0.2) is 30.2 Å². The van der Waals surface area contributed by atoms with Crippen molar-refractivity contribution in [2.45, 2.75) is 26.7 Å². The number of allylic oxidation sites excluding steroid dienone is 2. The number of para-hydroxylation sites is 1. The van der Waals surface area contributed by atoms with E-state index in [1.54, 1.807) is 23.1 Å². The van der Waals surface area contributed by atoms with E-state index < -0.39 is 11.9 Å². The van der Waals surface area contributed by atoms with Crippen LogP contribution < -0.4 is 14.5 Å². The lowest BCUT2D eigenvalue weighted by Gasteiger charge is -2.37. The van der Waals surface area contributed by atoms with Gasteiger partial charge in [0.05, 0.1) is 23.4 Å². The second-order valence-corrected chi connectivity index (χ2v) is 11.2. The first-order valence-corrected chi connectivity index (χ1v) is 13.1. The van der Waals surface area contributed by atoms with E-state index in [0.29, 0.717) is 28.8 Å². The van der Waals surface area contributed by atoms with E-state index >= 15 is 0 Å². The third-order valence-corrected chi connectivity index (χ3v) is 9.16. The molecule has 2 aromatic rings. The number of imide groups is 1. The van der Waals surface area contributed by atoms with Gasteiger partial charge in [0, 0.05) is 18.7 Å². The molecule has 0 radical (unpaired) electrons. The molecule has 188 valence electrons. The van der Waals surface area contributed by atoms with Crippen molar-refractivity contribution in [2.24, 2.45) is 41.4 Å². The minimum atomic E-state index is -0.564. The minimum absolute atomic E-state index is 0.0994. The molecule has 0 unspecified atom stereocenters. The number of aryl methyl sites for hydroxylation is 2. The van der Waals surface area contributed by atoms with E-state index in [2.05, 4.69) is 12.2 Å². The van der Waals surface area contributed by atoms with E-state index in [4.69, 9.17) is 4.74 Å². The van der Waals surface area contributed by atoms with E-state index in [0.717, 1.165) is 17.7 Å². The fraction of sp³-hybridized carbons (Fsp3) is 0.400. The average molecular weight is 497 g/mol. The van der Waals surface area contributed by atoms with Gasteiger partial charge in [0.2, 0.25) is 17.7 Å². The lowest BCUT2D eigenvalue weighted by molar-refractivity contribution is -0.139. The Morgan fingerprint density at radius 2 is 1.54 bits per heavy atom. The largest absolute Gasteiger partial charge is 0.426 e. The summed E-state index contributed by atoms with van der Waals surface area (Å²) in [6.07, 6.45) is 5.56. The van der Waals surface area contributed by atoms with Crippen LogP contribution in [0.1, 0.15) is 24.0 Å². The lowest BCUT2D eigenvalue weighted by atomic mass is 9.63. The van der Waals surface area contributed by atoms with Crippen LogP contribution in [-0.2, 0) is 19.2 Å². The number of nitrogens with zero attached hydrogens (tertiary/aromatic N) is 2. The molecule has 0 N–H and O–H groups in total. The molecule has 2 saturated carbocycles. The van der Waals surface area contributed by atoms with E-state index in [9.17, 15) is 19.2 Å². The Bertz CT molecular complexity index is 1380. The van der Waals surface area contributed by atoms with Crippen molar-refractivity contribution in [3.8, 4) is 5.75 Å². The summed E-state index contributed by atoms with van der Waals surface area (Å²) >= 11 is 0. The molecule has 4 aliphatic carbocycles. The second kappa shape index (κ2) is 7.88. The number of carbonyl (C=O) groups is 4. The number of hydrogen-bond acceptors (Lipinski definition) is 5. The van der Waals surface area contributed by atoms with Gasteiger partial charge in [-0.1, -0.05) is 30.4 Å². The molecule has 2 heterocycles. The van der Waals surface area contributed by atoms with Gasteiger partial charge >= 0.3 is 5.97 Å². The highest BCUT2D eigenvalue weighted by atomic mass is 16.5. The highest BCUT2D eigenvalue weighted by molar-refractivity contribution is 6.23. The van der Waals surface area contributed by atoms with Gasteiger partial charge in [0.25, 0.3) is 0 Å². The highest BCUT2D eigenvalue weighted by Gasteiger charge is 2.67. The van der Waals surface area contributed by atoms with Crippen LogP contribution in [0.3, 0.4) is 0 Å². The number of hydrogen-bond donors (Lipinski definition) is 0.